The van der Waals surface area contributed by atoms with Crippen LogP contribution in [0, 0.1) is 0 Å². The average molecular weight is 539 g/mol. The van der Waals surface area contributed by atoms with Crippen molar-refractivity contribution in [1.82, 2.24) is 40.2 Å². The van der Waals surface area contributed by atoms with Gasteiger partial charge in [0.25, 0.3) is 0 Å². The summed E-state index contributed by atoms with van der Waals surface area (Å²) in [5.74, 6) is 0.883. The second kappa shape index (κ2) is 10.0. The number of hydrogen-bond donors (Lipinski definition) is 2. The SMILES string of the molecule is CCc1cc(-c2nc3nccc(-c4ccc5c(c4)CCCC[C@H]5NC(=O)c4nc(C(C)(C)C)no4)c3[nH]2)nn1C. The number of carbonyl (C=O) groups excluding carboxylic acids is 1. The van der Waals surface area contributed by atoms with Gasteiger partial charge < -0.3 is 14.8 Å². The fourth-order valence-electron chi connectivity index (χ4n) is 5.36. The fraction of sp³-hybridized carbons (Fsp3) is 0.400. The molecule has 0 spiro atoms. The topological polar surface area (TPSA) is 127 Å². The van der Waals surface area contributed by atoms with E-state index in [1.807, 2.05) is 38.6 Å². The van der Waals surface area contributed by atoms with E-state index in [2.05, 4.69) is 61.7 Å². The van der Waals surface area contributed by atoms with Crippen molar-refractivity contribution in [3.05, 3.63) is 65.1 Å². The van der Waals surface area contributed by atoms with Crippen molar-refractivity contribution in [2.45, 2.75) is 71.3 Å². The normalized spacial score (nSPS) is 15.7. The predicted octanol–water partition coefficient (Wildman–Crippen LogP) is 5.47. The van der Waals surface area contributed by atoms with Crippen LogP contribution in [-0.4, -0.2) is 40.8 Å². The van der Waals surface area contributed by atoms with E-state index in [0.717, 1.165) is 65.7 Å². The van der Waals surface area contributed by atoms with Crippen LogP contribution in [0.15, 0.2) is 41.1 Å². The molecular weight excluding hydrogens is 504 g/mol. The van der Waals surface area contributed by atoms with Gasteiger partial charge in [-0.05, 0) is 54.5 Å². The highest BCUT2D eigenvalue weighted by Crippen LogP contribution is 2.35. The number of amides is 1. The first-order valence-electron chi connectivity index (χ1n) is 13.9. The average Bonchev–Trinajstić information content (AvgIpc) is 3.65. The quantitative estimate of drug-likeness (QED) is 0.284. The van der Waals surface area contributed by atoms with Crippen LogP contribution in [-0.2, 0) is 25.3 Å². The number of nitrogens with one attached hydrogen (secondary N) is 2. The van der Waals surface area contributed by atoms with Gasteiger partial charge in [0.15, 0.2) is 17.3 Å². The van der Waals surface area contributed by atoms with Crippen LogP contribution >= 0.6 is 0 Å². The number of nitrogens with zero attached hydrogens (tertiary/aromatic N) is 6. The minimum absolute atomic E-state index is 0.000493. The molecule has 1 aromatic carbocycles. The number of aryl methyl sites for hydroxylation is 3. The van der Waals surface area contributed by atoms with E-state index in [9.17, 15) is 4.79 Å². The molecule has 1 aliphatic carbocycles. The Bertz CT molecular complexity index is 1700. The molecule has 5 aromatic rings. The first-order chi connectivity index (χ1) is 19.2. The van der Waals surface area contributed by atoms with Gasteiger partial charge in [-0.15, -0.1) is 0 Å². The molecule has 1 aliphatic rings. The van der Waals surface area contributed by atoms with Gasteiger partial charge >= 0.3 is 11.8 Å². The molecule has 6 rings (SSSR count). The molecule has 4 aromatic heterocycles. The molecule has 0 unspecified atom stereocenters. The van der Waals surface area contributed by atoms with Crippen LogP contribution < -0.4 is 5.32 Å². The van der Waals surface area contributed by atoms with Crippen molar-refractivity contribution in [2.24, 2.45) is 7.05 Å². The summed E-state index contributed by atoms with van der Waals surface area (Å²) >= 11 is 0. The van der Waals surface area contributed by atoms with Gasteiger partial charge in [0.1, 0.15) is 5.69 Å². The Morgan fingerprint density at radius 2 is 2.02 bits per heavy atom. The van der Waals surface area contributed by atoms with Gasteiger partial charge in [-0.1, -0.05) is 57.5 Å². The molecule has 0 bridgehead atoms. The van der Waals surface area contributed by atoms with Crippen molar-refractivity contribution < 1.29 is 9.32 Å². The standard InChI is InChI=1S/C30H34N8O2/c1-6-19-16-23(36-38(19)5)25-33-24-21(13-14-31-26(24)34-25)18-11-12-20-17(15-18)9-7-8-10-22(20)32-27(39)28-35-29(37-40-28)30(2,3)4/h11-16,22H,6-10H2,1-5H3,(H,32,39)(H,31,33,34)/t22-/m1/s1. The largest absolute Gasteiger partial charge is 0.341 e. The number of benzene rings is 1. The maximum atomic E-state index is 13.0. The molecule has 40 heavy (non-hydrogen) atoms. The van der Waals surface area contributed by atoms with Crippen LogP contribution in [0.5, 0.6) is 0 Å². The summed E-state index contributed by atoms with van der Waals surface area (Å²) < 4.78 is 7.17. The van der Waals surface area contributed by atoms with E-state index in [4.69, 9.17) is 9.51 Å². The molecule has 0 fully saturated rings. The highest BCUT2D eigenvalue weighted by Gasteiger charge is 2.27. The van der Waals surface area contributed by atoms with E-state index >= 15 is 0 Å². The summed E-state index contributed by atoms with van der Waals surface area (Å²) in [7, 11) is 1.95. The minimum atomic E-state index is -0.341. The Kier molecular flexibility index (Phi) is 6.48. The number of imidazole rings is 1. The second-order valence-corrected chi connectivity index (χ2v) is 11.5. The van der Waals surface area contributed by atoms with Crippen molar-refractivity contribution in [3.8, 4) is 22.6 Å². The van der Waals surface area contributed by atoms with Crippen molar-refractivity contribution in [2.75, 3.05) is 0 Å². The summed E-state index contributed by atoms with van der Waals surface area (Å²) in [6.45, 7) is 8.07. The number of fused-ring (bicyclic) bond motifs is 2. The van der Waals surface area contributed by atoms with Crippen LogP contribution in [0.2, 0.25) is 0 Å². The van der Waals surface area contributed by atoms with E-state index in [-0.39, 0.29) is 23.3 Å². The lowest BCUT2D eigenvalue weighted by atomic mass is 9.94. The van der Waals surface area contributed by atoms with Gasteiger partial charge in [0, 0.05) is 29.9 Å². The molecule has 10 nitrogen and oxygen atoms in total. The number of pyridine rings is 1. The lowest BCUT2D eigenvalue weighted by Crippen LogP contribution is -2.29. The lowest BCUT2D eigenvalue weighted by Gasteiger charge is -2.19. The highest BCUT2D eigenvalue weighted by molar-refractivity contribution is 5.92. The minimum Gasteiger partial charge on any atom is -0.341 e. The summed E-state index contributed by atoms with van der Waals surface area (Å²) in [6.07, 6.45) is 6.56. The number of aromatic nitrogens is 7. The first-order valence-corrected chi connectivity index (χ1v) is 13.9. The lowest BCUT2D eigenvalue weighted by molar-refractivity contribution is 0.0890. The monoisotopic (exact) mass is 538 g/mol. The maximum Gasteiger partial charge on any atom is 0.315 e. The third-order valence-corrected chi connectivity index (χ3v) is 7.59. The molecule has 0 radical (unpaired) electrons. The Morgan fingerprint density at radius 1 is 1.18 bits per heavy atom. The Morgan fingerprint density at radius 3 is 2.77 bits per heavy atom. The molecule has 10 heteroatoms. The molecule has 4 heterocycles. The third-order valence-electron chi connectivity index (χ3n) is 7.59. The highest BCUT2D eigenvalue weighted by atomic mass is 16.5. The van der Waals surface area contributed by atoms with E-state index in [1.165, 1.54) is 5.56 Å². The van der Waals surface area contributed by atoms with Gasteiger partial charge in [0.2, 0.25) is 0 Å². The summed E-state index contributed by atoms with van der Waals surface area (Å²) in [5.41, 5.74) is 7.65. The zero-order valence-corrected chi connectivity index (χ0v) is 23.6. The molecule has 1 amide bonds. The zero-order chi connectivity index (χ0) is 28.0. The molecule has 206 valence electrons. The molecule has 0 saturated heterocycles. The Balaban J connectivity index is 1.31. The Hall–Kier alpha value is -4.34. The maximum absolute atomic E-state index is 13.0. The number of H-pyrrole nitrogens is 1. The van der Waals surface area contributed by atoms with E-state index in [0.29, 0.717) is 17.3 Å². The van der Waals surface area contributed by atoms with E-state index < -0.39 is 0 Å². The van der Waals surface area contributed by atoms with Crippen molar-refractivity contribution in [3.63, 3.8) is 0 Å². The zero-order valence-electron chi connectivity index (χ0n) is 23.6. The summed E-state index contributed by atoms with van der Waals surface area (Å²) in [6, 6.07) is 10.4. The molecular formula is C30H34N8O2. The van der Waals surface area contributed by atoms with E-state index in [1.54, 1.807) is 6.20 Å². The van der Waals surface area contributed by atoms with Gasteiger partial charge in [0.05, 0.1) is 11.6 Å². The van der Waals surface area contributed by atoms with Gasteiger partial charge in [-0.2, -0.15) is 10.1 Å². The number of carbonyl (C=O) groups is 1. The number of hydrogen-bond acceptors (Lipinski definition) is 7. The van der Waals surface area contributed by atoms with Crippen molar-refractivity contribution >= 4 is 17.1 Å². The first kappa shape index (κ1) is 25.9. The third kappa shape index (κ3) is 4.78. The van der Waals surface area contributed by atoms with Gasteiger partial charge in [-0.25, -0.2) is 9.97 Å². The molecule has 0 aliphatic heterocycles. The Labute approximate surface area is 232 Å². The van der Waals surface area contributed by atoms with Crippen LogP contribution in [0.4, 0.5) is 0 Å². The predicted molar refractivity (Wildman–Crippen MR) is 152 cm³/mol. The summed E-state index contributed by atoms with van der Waals surface area (Å²) in [4.78, 5) is 30.1. The smallest absolute Gasteiger partial charge is 0.315 e. The van der Waals surface area contributed by atoms with Crippen LogP contribution in [0.1, 0.15) is 86.3 Å². The van der Waals surface area contributed by atoms with Crippen molar-refractivity contribution in [1.29, 1.82) is 0 Å². The molecule has 1 atom stereocenters. The van der Waals surface area contributed by atoms with Gasteiger partial charge in [-0.3, -0.25) is 9.48 Å². The fourth-order valence-corrected chi connectivity index (χ4v) is 5.36. The second-order valence-electron chi connectivity index (χ2n) is 11.5. The summed E-state index contributed by atoms with van der Waals surface area (Å²) in [5, 5.41) is 11.8. The van der Waals surface area contributed by atoms with Crippen LogP contribution in [0.25, 0.3) is 33.8 Å². The number of aromatic amines is 1. The number of rotatable bonds is 5. The molecule has 0 saturated carbocycles. The van der Waals surface area contributed by atoms with Crippen LogP contribution in [0.3, 0.4) is 0 Å². The molecule has 2 N–H and O–H groups in total.